The van der Waals surface area contributed by atoms with Crippen LogP contribution in [0.2, 0.25) is 0 Å². The first-order valence-electron chi connectivity index (χ1n) is 15.4. The fourth-order valence-electron chi connectivity index (χ4n) is 4.30. The predicted molar refractivity (Wildman–Crippen MR) is 178 cm³/mol. The zero-order chi connectivity index (χ0) is 35.9. The number of nitrogens with zero attached hydrogens (tertiary/aromatic N) is 1. The second kappa shape index (κ2) is 18.6. The molecule has 48 heavy (non-hydrogen) atoms. The van der Waals surface area contributed by atoms with Gasteiger partial charge in [-0.25, -0.2) is 10.2 Å². The third-order valence-corrected chi connectivity index (χ3v) is 6.30. The van der Waals surface area contributed by atoms with Crippen molar-refractivity contribution in [1.29, 1.82) is 0 Å². The fraction of sp³-hybridized carbons (Fsp3) is 0.424. The summed E-state index contributed by atoms with van der Waals surface area (Å²) in [5.74, 6) is -4.03. The van der Waals surface area contributed by atoms with Crippen LogP contribution in [0.5, 0.6) is 11.5 Å². The Bertz CT molecular complexity index is 1460. The van der Waals surface area contributed by atoms with E-state index in [1.807, 2.05) is 23.6 Å². The lowest BCUT2D eigenvalue weighted by atomic mass is 9.94. The maximum Gasteiger partial charge on any atom is 0.332 e. The molecule has 0 aliphatic heterocycles. The Morgan fingerprint density at radius 3 is 2.12 bits per heavy atom. The molecule has 15 nitrogen and oxygen atoms in total. The number of rotatable bonds is 17. The van der Waals surface area contributed by atoms with Crippen molar-refractivity contribution in [1.82, 2.24) is 16.1 Å². The topological polar surface area (TPSA) is 233 Å². The van der Waals surface area contributed by atoms with Crippen LogP contribution >= 0.6 is 0 Å². The van der Waals surface area contributed by atoms with Crippen molar-refractivity contribution in [2.75, 3.05) is 5.32 Å². The van der Waals surface area contributed by atoms with Gasteiger partial charge in [0.1, 0.15) is 29.1 Å². The molecule has 3 unspecified atom stereocenters. The zero-order valence-electron chi connectivity index (χ0n) is 27.8. The summed E-state index contributed by atoms with van der Waals surface area (Å²) in [6.45, 7) is 8.61. The lowest BCUT2D eigenvalue weighted by Crippen LogP contribution is -2.51. The number of primary amides is 2. The van der Waals surface area contributed by atoms with Crippen molar-refractivity contribution in [2.24, 2.45) is 28.4 Å². The van der Waals surface area contributed by atoms with E-state index in [9.17, 15) is 28.8 Å². The molecule has 15 heteroatoms. The molecule has 8 N–H and O–H groups in total. The fourth-order valence-corrected chi connectivity index (χ4v) is 4.30. The lowest BCUT2D eigenvalue weighted by molar-refractivity contribution is -0.155. The summed E-state index contributed by atoms with van der Waals surface area (Å²) in [5.41, 5.74) is 11.9. The van der Waals surface area contributed by atoms with Gasteiger partial charge < -0.3 is 36.9 Å². The Balaban J connectivity index is 2.25. The summed E-state index contributed by atoms with van der Waals surface area (Å²) in [5, 5.41) is 11.5. The average Bonchev–Trinajstić information content (AvgIpc) is 2.97. The van der Waals surface area contributed by atoms with Crippen molar-refractivity contribution >= 4 is 47.5 Å². The number of anilines is 1. The third-order valence-electron chi connectivity index (χ3n) is 6.30. The third kappa shape index (κ3) is 15.2. The highest BCUT2D eigenvalue weighted by molar-refractivity contribution is 6.04. The van der Waals surface area contributed by atoms with Crippen molar-refractivity contribution in [3.8, 4) is 11.5 Å². The first-order valence-corrected chi connectivity index (χ1v) is 15.4. The van der Waals surface area contributed by atoms with Crippen LogP contribution in [0.3, 0.4) is 0 Å². The SMILES string of the molecule is CC(C)CC(C(=O)NC(/C=N\NC(N)=O)CC(=O)OC(C)(C)C)C(=O)NC(CCC(N)=O)C(=O)Nc1cccc(Oc2ccccc2)c1. The second-order valence-electron chi connectivity index (χ2n) is 12.3. The number of nitrogens with one attached hydrogen (secondary N) is 4. The maximum atomic E-state index is 13.6. The van der Waals surface area contributed by atoms with Crippen LogP contribution in [0.15, 0.2) is 59.7 Å². The molecular formula is C33H45N7O8. The van der Waals surface area contributed by atoms with Gasteiger partial charge in [0.25, 0.3) is 0 Å². The molecule has 6 amide bonds. The molecule has 260 valence electrons. The van der Waals surface area contributed by atoms with E-state index < -0.39 is 59.2 Å². The number of nitrogens with two attached hydrogens (primary N) is 2. The Hall–Kier alpha value is -5.47. The molecule has 0 fully saturated rings. The number of carbonyl (C=O) groups excluding carboxylic acids is 6. The lowest BCUT2D eigenvalue weighted by Gasteiger charge is -2.25. The van der Waals surface area contributed by atoms with Gasteiger partial charge in [-0.2, -0.15) is 5.10 Å². The van der Waals surface area contributed by atoms with Crippen LogP contribution in [-0.4, -0.2) is 59.5 Å². The van der Waals surface area contributed by atoms with Crippen LogP contribution in [0.4, 0.5) is 10.5 Å². The van der Waals surface area contributed by atoms with Crippen molar-refractivity contribution in [3.63, 3.8) is 0 Å². The maximum absolute atomic E-state index is 13.6. The molecule has 0 spiro atoms. The van der Waals surface area contributed by atoms with E-state index in [2.05, 4.69) is 21.1 Å². The summed E-state index contributed by atoms with van der Waals surface area (Å²) in [6, 6.07) is 12.3. The largest absolute Gasteiger partial charge is 0.460 e. The standard InChI is InChI=1S/C33H45N7O8/c1-20(2)16-25(29(43)38-22(19-36-40-32(35)46)18-28(42)48-33(3,4)5)30(44)39-26(14-15-27(34)41)31(45)37-21-10-9-13-24(17-21)47-23-11-7-6-8-12-23/h6-13,17,19-20,22,25-26H,14-16,18H2,1-5H3,(H2,34,41)(H,37,45)(H,38,43)(H,39,44)(H3,35,40,46)/b36-19-. The van der Waals surface area contributed by atoms with Gasteiger partial charge in [-0.05, 0) is 63.8 Å². The number of esters is 1. The Morgan fingerprint density at radius 1 is 0.875 bits per heavy atom. The molecule has 0 bridgehead atoms. The summed E-state index contributed by atoms with van der Waals surface area (Å²) in [4.78, 5) is 75.7. The average molecular weight is 668 g/mol. The molecule has 0 aliphatic rings. The highest BCUT2D eigenvalue weighted by Gasteiger charge is 2.33. The summed E-state index contributed by atoms with van der Waals surface area (Å²) in [7, 11) is 0. The van der Waals surface area contributed by atoms with E-state index >= 15 is 0 Å². The second-order valence-corrected chi connectivity index (χ2v) is 12.3. The van der Waals surface area contributed by atoms with Crippen LogP contribution in [0.25, 0.3) is 0 Å². The van der Waals surface area contributed by atoms with Crippen molar-refractivity contribution in [2.45, 2.75) is 78.0 Å². The van der Waals surface area contributed by atoms with E-state index in [1.54, 1.807) is 71.0 Å². The van der Waals surface area contributed by atoms with Crippen LogP contribution in [0.1, 0.15) is 60.3 Å². The van der Waals surface area contributed by atoms with Gasteiger partial charge in [-0.3, -0.25) is 24.0 Å². The number of hydrazone groups is 1. The number of ether oxygens (including phenoxy) is 2. The molecule has 0 saturated heterocycles. The quantitative estimate of drug-likeness (QED) is 0.0634. The molecule has 0 heterocycles. The van der Waals surface area contributed by atoms with Crippen LogP contribution in [-0.2, 0) is 28.7 Å². The monoisotopic (exact) mass is 667 g/mol. The summed E-state index contributed by atoms with van der Waals surface area (Å²) >= 11 is 0. The summed E-state index contributed by atoms with van der Waals surface area (Å²) in [6.07, 6.45) is 0.402. The number of hydrogen-bond donors (Lipinski definition) is 6. The van der Waals surface area contributed by atoms with Gasteiger partial charge in [0.15, 0.2) is 0 Å². The minimum absolute atomic E-state index is 0.0660. The minimum atomic E-state index is -1.32. The minimum Gasteiger partial charge on any atom is -0.460 e. The van der Waals surface area contributed by atoms with Gasteiger partial charge >= 0.3 is 12.0 Å². The molecule has 2 aromatic carbocycles. The highest BCUT2D eigenvalue weighted by Crippen LogP contribution is 2.24. The molecular weight excluding hydrogens is 622 g/mol. The molecule has 3 atom stereocenters. The number of benzene rings is 2. The van der Waals surface area contributed by atoms with Crippen LogP contribution in [0, 0.1) is 11.8 Å². The summed E-state index contributed by atoms with van der Waals surface area (Å²) < 4.78 is 11.2. The molecule has 0 saturated carbocycles. The van der Waals surface area contributed by atoms with Crippen molar-refractivity contribution < 1.29 is 38.2 Å². The van der Waals surface area contributed by atoms with Gasteiger partial charge in [0.2, 0.25) is 23.6 Å². The first-order chi connectivity index (χ1) is 22.5. The first kappa shape index (κ1) is 38.7. The van der Waals surface area contributed by atoms with E-state index in [1.165, 1.54) is 0 Å². The molecule has 0 aromatic heterocycles. The van der Waals surface area contributed by atoms with Crippen molar-refractivity contribution in [3.05, 3.63) is 54.6 Å². The van der Waals surface area contributed by atoms with E-state index in [-0.39, 0.29) is 31.6 Å². The Morgan fingerprint density at radius 2 is 1.52 bits per heavy atom. The molecule has 2 aromatic rings. The van der Waals surface area contributed by atoms with Gasteiger partial charge in [-0.15, -0.1) is 0 Å². The normalized spacial score (nSPS) is 13.1. The van der Waals surface area contributed by atoms with Gasteiger partial charge in [0.05, 0.1) is 12.5 Å². The zero-order valence-corrected chi connectivity index (χ0v) is 27.8. The molecule has 2 rings (SSSR count). The highest BCUT2D eigenvalue weighted by atomic mass is 16.6. The molecule has 0 radical (unpaired) electrons. The Labute approximate surface area is 279 Å². The van der Waals surface area contributed by atoms with E-state index in [4.69, 9.17) is 20.9 Å². The van der Waals surface area contributed by atoms with Crippen LogP contribution < -0.4 is 37.6 Å². The smallest absolute Gasteiger partial charge is 0.332 e. The number of hydrogen-bond acceptors (Lipinski definition) is 9. The number of amides is 6. The van der Waals surface area contributed by atoms with E-state index in [0.29, 0.717) is 17.2 Å². The van der Waals surface area contributed by atoms with Gasteiger partial charge in [-0.1, -0.05) is 38.1 Å². The Kier molecular flexibility index (Phi) is 15.0. The number of carbonyl (C=O) groups is 6. The number of para-hydroxylation sites is 1. The number of urea groups is 1. The van der Waals surface area contributed by atoms with E-state index in [0.717, 1.165) is 6.21 Å². The predicted octanol–water partition coefficient (Wildman–Crippen LogP) is 2.70. The van der Waals surface area contributed by atoms with Gasteiger partial charge in [0, 0.05) is 24.4 Å². The molecule has 0 aliphatic carbocycles.